The summed E-state index contributed by atoms with van der Waals surface area (Å²) in [4.78, 5) is 29.3. The van der Waals surface area contributed by atoms with E-state index >= 15 is 0 Å². The fourth-order valence-electron chi connectivity index (χ4n) is 7.28. The molecule has 1 aromatic rings. The number of benzene rings is 1. The summed E-state index contributed by atoms with van der Waals surface area (Å²) in [7, 11) is 0. The Kier molecular flexibility index (Phi) is 4.10. The second-order valence-corrected chi connectivity index (χ2v) is 9.19. The van der Waals surface area contributed by atoms with Crippen molar-refractivity contribution in [3.05, 3.63) is 29.8 Å². The summed E-state index contributed by atoms with van der Waals surface area (Å²) in [6.07, 6.45) is 3.38. The Bertz CT molecular complexity index is 824. The van der Waals surface area contributed by atoms with Gasteiger partial charge in [0.2, 0.25) is 5.91 Å². The molecular formula is C23H30N2O3. The molecule has 3 heterocycles. The number of piperidine rings is 1. The summed E-state index contributed by atoms with van der Waals surface area (Å²) in [6.45, 7) is 8.12. The highest BCUT2D eigenvalue weighted by Crippen LogP contribution is 2.63. The van der Waals surface area contributed by atoms with Gasteiger partial charge in [0.15, 0.2) is 0 Å². The van der Waals surface area contributed by atoms with E-state index in [1.165, 1.54) is 12.5 Å². The van der Waals surface area contributed by atoms with Crippen molar-refractivity contribution in [2.24, 2.45) is 17.8 Å². The van der Waals surface area contributed by atoms with Crippen LogP contribution >= 0.6 is 0 Å². The van der Waals surface area contributed by atoms with E-state index in [1.807, 2.05) is 6.07 Å². The second kappa shape index (κ2) is 6.31. The molecule has 2 saturated heterocycles. The monoisotopic (exact) mass is 382 g/mol. The maximum absolute atomic E-state index is 12.9. The number of amides is 1. The van der Waals surface area contributed by atoms with E-state index in [9.17, 15) is 9.59 Å². The molecule has 150 valence electrons. The largest absolute Gasteiger partial charge is 0.465 e. The van der Waals surface area contributed by atoms with Gasteiger partial charge in [0.1, 0.15) is 0 Å². The van der Waals surface area contributed by atoms with Gasteiger partial charge in [-0.05, 0) is 42.9 Å². The van der Waals surface area contributed by atoms with E-state index in [-0.39, 0.29) is 29.3 Å². The standard InChI is InChI=1S/C23H30N2O3/c1-4-16-12-24-10-9-23-19-7-5-6-8-20(19)25(14(2)26)22(23)18(13-28-15(3)27)17(16)11-21(23)24/h5-8,16-18,21-22H,4,9-13H2,1-3H3/t16-,17+,18+,21+,22+,23?/m1/s1. The molecule has 5 heteroatoms. The average Bonchev–Trinajstić information content (AvgIpc) is 3.21. The Balaban J connectivity index is 1.69. The molecule has 4 aliphatic rings. The number of ether oxygens (including phenoxy) is 1. The van der Waals surface area contributed by atoms with Crippen LogP contribution in [0, 0.1) is 17.8 Å². The van der Waals surface area contributed by atoms with Crippen LogP contribution in [-0.2, 0) is 19.7 Å². The molecule has 1 aromatic carbocycles. The Hall–Kier alpha value is -1.88. The van der Waals surface area contributed by atoms with E-state index < -0.39 is 0 Å². The first-order valence-corrected chi connectivity index (χ1v) is 10.8. The van der Waals surface area contributed by atoms with Gasteiger partial charge in [-0.15, -0.1) is 0 Å². The predicted molar refractivity (Wildman–Crippen MR) is 107 cm³/mol. The van der Waals surface area contributed by atoms with Gasteiger partial charge in [-0.25, -0.2) is 0 Å². The third-order valence-corrected chi connectivity index (χ3v) is 8.19. The van der Waals surface area contributed by atoms with E-state index in [4.69, 9.17) is 4.74 Å². The third-order valence-electron chi connectivity index (χ3n) is 8.19. The van der Waals surface area contributed by atoms with E-state index in [1.54, 1.807) is 6.92 Å². The van der Waals surface area contributed by atoms with Crippen LogP contribution in [0.1, 0.15) is 45.6 Å². The molecule has 0 N–H and O–H groups in total. The van der Waals surface area contributed by atoms with Crippen LogP contribution in [0.4, 0.5) is 5.69 Å². The number of anilines is 1. The molecule has 1 unspecified atom stereocenters. The number of hydrogen-bond donors (Lipinski definition) is 0. The first-order valence-electron chi connectivity index (χ1n) is 10.8. The van der Waals surface area contributed by atoms with Crippen LogP contribution in [-0.4, -0.2) is 48.6 Å². The van der Waals surface area contributed by atoms with Gasteiger partial charge in [0.25, 0.3) is 0 Å². The Morgan fingerprint density at radius 2 is 2.04 bits per heavy atom. The third kappa shape index (κ3) is 2.23. The number of carbonyl (C=O) groups excluding carboxylic acids is 2. The lowest BCUT2D eigenvalue weighted by atomic mass is 9.54. The average molecular weight is 383 g/mol. The molecule has 2 bridgehead atoms. The number of hydrogen-bond acceptors (Lipinski definition) is 4. The molecule has 1 spiro atoms. The Morgan fingerprint density at radius 3 is 2.75 bits per heavy atom. The lowest BCUT2D eigenvalue weighted by molar-refractivity contribution is -0.146. The lowest BCUT2D eigenvalue weighted by Gasteiger charge is -2.57. The fourth-order valence-corrected chi connectivity index (χ4v) is 7.28. The van der Waals surface area contributed by atoms with Crippen molar-refractivity contribution < 1.29 is 14.3 Å². The van der Waals surface area contributed by atoms with Gasteiger partial charge in [0.05, 0.1) is 12.6 Å². The number of rotatable bonds is 3. The van der Waals surface area contributed by atoms with Gasteiger partial charge in [-0.3, -0.25) is 14.5 Å². The topological polar surface area (TPSA) is 49.9 Å². The zero-order chi connectivity index (χ0) is 19.6. The highest BCUT2D eigenvalue weighted by atomic mass is 16.5. The molecular weight excluding hydrogens is 352 g/mol. The summed E-state index contributed by atoms with van der Waals surface area (Å²) >= 11 is 0. The maximum Gasteiger partial charge on any atom is 0.302 e. The minimum atomic E-state index is -0.224. The van der Waals surface area contributed by atoms with Gasteiger partial charge in [-0.2, -0.15) is 0 Å². The quantitative estimate of drug-likeness (QED) is 0.754. The summed E-state index contributed by atoms with van der Waals surface area (Å²) in [5.41, 5.74) is 2.39. The number of fused-ring (bicyclic) bond motifs is 2. The van der Waals surface area contributed by atoms with Crippen LogP contribution in [0.25, 0.3) is 0 Å². The SMILES string of the molecule is CC[C@@H]1CN2CCC34c5ccccc5N(C(C)=O)[C@H]3[C@@H](COC(C)=O)[C@H]1C[C@H]24. The van der Waals surface area contributed by atoms with E-state index in [0.29, 0.717) is 24.5 Å². The summed E-state index contributed by atoms with van der Waals surface area (Å²) in [6, 6.07) is 9.08. The van der Waals surface area contributed by atoms with E-state index in [2.05, 4.69) is 34.9 Å². The van der Waals surface area contributed by atoms with Gasteiger partial charge in [0, 0.05) is 43.5 Å². The molecule has 1 saturated carbocycles. The predicted octanol–water partition coefficient (Wildman–Crippen LogP) is 2.97. The number of para-hydroxylation sites is 1. The molecule has 28 heavy (non-hydrogen) atoms. The molecule has 1 amide bonds. The second-order valence-electron chi connectivity index (χ2n) is 9.19. The maximum atomic E-state index is 12.9. The van der Waals surface area contributed by atoms with Gasteiger partial charge < -0.3 is 9.64 Å². The molecule has 0 radical (unpaired) electrons. The summed E-state index contributed by atoms with van der Waals surface area (Å²) in [5, 5.41) is 0. The van der Waals surface area contributed by atoms with Crippen LogP contribution in [0.2, 0.25) is 0 Å². The van der Waals surface area contributed by atoms with Crippen molar-refractivity contribution in [2.45, 2.75) is 57.5 Å². The normalized spacial score (nSPS) is 38.1. The molecule has 5 rings (SSSR count). The smallest absolute Gasteiger partial charge is 0.302 e. The zero-order valence-corrected chi connectivity index (χ0v) is 17.1. The Morgan fingerprint density at radius 1 is 1.25 bits per heavy atom. The van der Waals surface area contributed by atoms with Crippen LogP contribution in [0.15, 0.2) is 24.3 Å². The van der Waals surface area contributed by atoms with Crippen molar-refractivity contribution in [3.63, 3.8) is 0 Å². The first kappa shape index (κ1) is 18.2. The van der Waals surface area contributed by atoms with Crippen molar-refractivity contribution in [1.29, 1.82) is 0 Å². The molecule has 0 aromatic heterocycles. The van der Waals surface area contributed by atoms with Crippen molar-refractivity contribution >= 4 is 17.6 Å². The van der Waals surface area contributed by atoms with Gasteiger partial charge in [-0.1, -0.05) is 31.5 Å². The Labute approximate surface area is 167 Å². The van der Waals surface area contributed by atoms with Crippen LogP contribution in [0.5, 0.6) is 0 Å². The first-order chi connectivity index (χ1) is 13.5. The minimum Gasteiger partial charge on any atom is -0.465 e. The molecule has 1 aliphatic carbocycles. The summed E-state index contributed by atoms with van der Waals surface area (Å²) < 4.78 is 5.61. The highest BCUT2D eigenvalue weighted by Gasteiger charge is 2.68. The highest BCUT2D eigenvalue weighted by molar-refractivity contribution is 5.96. The fraction of sp³-hybridized carbons (Fsp3) is 0.652. The molecule has 5 nitrogen and oxygen atoms in total. The summed E-state index contributed by atoms with van der Waals surface area (Å²) in [5.74, 6) is 1.18. The number of nitrogens with zero attached hydrogens (tertiary/aromatic N) is 2. The van der Waals surface area contributed by atoms with Crippen LogP contribution in [0.3, 0.4) is 0 Å². The lowest BCUT2D eigenvalue weighted by Crippen LogP contribution is -2.66. The number of esters is 1. The molecule has 6 atom stereocenters. The van der Waals surface area contributed by atoms with E-state index in [0.717, 1.165) is 38.0 Å². The van der Waals surface area contributed by atoms with Crippen LogP contribution < -0.4 is 4.90 Å². The van der Waals surface area contributed by atoms with Gasteiger partial charge >= 0.3 is 5.97 Å². The van der Waals surface area contributed by atoms with Crippen molar-refractivity contribution in [1.82, 2.24) is 4.90 Å². The number of carbonyl (C=O) groups is 2. The molecule has 3 fully saturated rings. The van der Waals surface area contributed by atoms with Crippen molar-refractivity contribution in [3.8, 4) is 0 Å². The minimum absolute atomic E-state index is 0.0255. The zero-order valence-electron chi connectivity index (χ0n) is 17.1. The molecule has 3 aliphatic heterocycles. The van der Waals surface area contributed by atoms with Crippen molar-refractivity contribution in [2.75, 3.05) is 24.6 Å².